The van der Waals surface area contributed by atoms with Gasteiger partial charge in [-0.1, -0.05) is 6.07 Å². The van der Waals surface area contributed by atoms with Gasteiger partial charge in [0.25, 0.3) is 5.91 Å². The molecule has 0 fully saturated rings. The van der Waals surface area contributed by atoms with Crippen LogP contribution in [-0.2, 0) is 9.53 Å². The first kappa shape index (κ1) is 17.6. The maximum absolute atomic E-state index is 13.2. The van der Waals surface area contributed by atoms with Crippen LogP contribution in [0.3, 0.4) is 0 Å². The van der Waals surface area contributed by atoms with Gasteiger partial charge in [-0.3, -0.25) is 4.79 Å². The SMILES string of the molecule is C[C@H](OC(=O)c1cc(F)ccc1Br)C(=O)Nc1cccc(C#N)c1. The third kappa shape index (κ3) is 4.40. The number of esters is 1. The molecule has 0 heterocycles. The summed E-state index contributed by atoms with van der Waals surface area (Å²) < 4.78 is 18.6. The number of rotatable bonds is 4. The van der Waals surface area contributed by atoms with E-state index >= 15 is 0 Å². The van der Waals surface area contributed by atoms with Crippen LogP contribution >= 0.6 is 15.9 Å². The van der Waals surface area contributed by atoms with Crippen LogP contribution in [0.2, 0.25) is 0 Å². The van der Waals surface area contributed by atoms with Crippen LogP contribution in [0.25, 0.3) is 0 Å². The Labute approximate surface area is 146 Å². The second-order valence-corrected chi connectivity index (χ2v) is 5.71. The monoisotopic (exact) mass is 390 g/mol. The predicted octanol–water partition coefficient (Wildman–Crippen LogP) is 3.64. The highest BCUT2D eigenvalue weighted by Crippen LogP contribution is 2.19. The van der Waals surface area contributed by atoms with Gasteiger partial charge in [0.05, 0.1) is 17.2 Å². The lowest BCUT2D eigenvalue weighted by atomic mass is 10.2. The molecule has 0 aliphatic carbocycles. The Kier molecular flexibility index (Phi) is 5.66. The average Bonchev–Trinajstić information content (AvgIpc) is 2.57. The lowest BCUT2D eigenvalue weighted by Crippen LogP contribution is -2.30. The highest BCUT2D eigenvalue weighted by atomic mass is 79.9. The minimum Gasteiger partial charge on any atom is -0.449 e. The van der Waals surface area contributed by atoms with Crippen molar-refractivity contribution in [2.75, 3.05) is 5.32 Å². The van der Waals surface area contributed by atoms with Gasteiger partial charge in [0.1, 0.15) is 5.82 Å². The molecule has 7 heteroatoms. The number of hydrogen-bond acceptors (Lipinski definition) is 4. The van der Waals surface area contributed by atoms with Gasteiger partial charge in [-0.2, -0.15) is 5.26 Å². The highest BCUT2D eigenvalue weighted by molar-refractivity contribution is 9.10. The lowest BCUT2D eigenvalue weighted by Gasteiger charge is -2.14. The van der Waals surface area contributed by atoms with E-state index < -0.39 is 23.8 Å². The summed E-state index contributed by atoms with van der Waals surface area (Å²) in [5.41, 5.74) is 0.788. The van der Waals surface area contributed by atoms with E-state index in [-0.39, 0.29) is 5.56 Å². The zero-order valence-corrected chi connectivity index (χ0v) is 14.1. The number of amides is 1. The van der Waals surface area contributed by atoms with Crippen LogP contribution in [0.1, 0.15) is 22.8 Å². The molecule has 24 heavy (non-hydrogen) atoms. The number of nitriles is 1. The smallest absolute Gasteiger partial charge is 0.340 e. The lowest BCUT2D eigenvalue weighted by molar-refractivity contribution is -0.123. The molecule has 0 spiro atoms. The number of carbonyl (C=O) groups is 2. The Morgan fingerprint density at radius 2 is 2.04 bits per heavy atom. The number of ether oxygens (including phenoxy) is 1. The fourth-order valence-electron chi connectivity index (χ4n) is 1.84. The molecule has 1 atom stereocenters. The zero-order chi connectivity index (χ0) is 17.7. The molecule has 1 amide bonds. The molecule has 0 saturated carbocycles. The molecule has 0 radical (unpaired) electrons. The van der Waals surface area contributed by atoms with Gasteiger partial charge in [-0.25, -0.2) is 9.18 Å². The molecule has 0 aliphatic rings. The van der Waals surface area contributed by atoms with Gasteiger partial charge in [-0.15, -0.1) is 0 Å². The Bertz CT molecular complexity index is 833. The maximum atomic E-state index is 13.2. The van der Waals surface area contributed by atoms with Crippen LogP contribution in [0, 0.1) is 17.1 Å². The van der Waals surface area contributed by atoms with Crippen molar-refractivity contribution in [3.63, 3.8) is 0 Å². The summed E-state index contributed by atoms with van der Waals surface area (Å²) in [6.45, 7) is 1.40. The van der Waals surface area contributed by atoms with Crippen LogP contribution in [0.5, 0.6) is 0 Å². The van der Waals surface area contributed by atoms with Crippen molar-refractivity contribution < 1.29 is 18.7 Å². The summed E-state index contributed by atoms with van der Waals surface area (Å²) >= 11 is 3.13. The van der Waals surface area contributed by atoms with E-state index in [1.807, 2.05) is 6.07 Å². The number of nitrogens with one attached hydrogen (secondary N) is 1. The molecular formula is C17H12BrFN2O3. The first-order valence-corrected chi connectivity index (χ1v) is 7.67. The van der Waals surface area contributed by atoms with Crippen molar-refractivity contribution >= 4 is 33.5 Å². The molecule has 1 N–H and O–H groups in total. The summed E-state index contributed by atoms with van der Waals surface area (Å²) in [6, 6.07) is 11.9. The number of anilines is 1. The molecule has 2 aromatic rings. The minimum absolute atomic E-state index is 0.0128. The number of hydrogen-bond donors (Lipinski definition) is 1. The standard InChI is InChI=1S/C17H12BrFN2O3/c1-10(16(22)21-13-4-2-3-11(7-13)9-20)24-17(23)14-8-12(19)5-6-15(14)18/h2-8,10H,1H3,(H,21,22)/t10-/m0/s1. The number of benzene rings is 2. The van der Waals surface area contributed by atoms with Crippen molar-refractivity contribution in [2.45, 2.75) is 13.0 Å². The third-order valence-corrected chi connectivity index (χ3v) is 3.75. The summed E-state index contributed by atoms with van der Waals surface area (Å²) in [5, 5.41) is 11.4. The van der Waals surface area contributed by atoms with Crippen molar-refractivity contribution in [3.8, 4) is 6.07 Å². The van der Waals surface area contributed by atoms with Crippen LogP contribution in [0.15, 0.2) is 46.9 Å². The topological polar surface area (TPSA) is 79.2 Å². The predicted molar refractivity (Wildman–Crippen MR) is 88.8 cm³/mol. The number of halogens is 2. The normalized spacial score (nSPS) is 11.2. The van der Waals surface area contributed by atoms with Gasteiger partial charge in [-0.05, 0) is 59.3 Å². The van der Waals surface area contributed by atoms with E-state index in [4.69, 9.17) is 10.00 Å². The molecule has 0 unspecified atom stereocenters. The van der Waals surface area contributed by atoms with Gasteiger partial charge in [0.2, 0.25) is 0 Å². The van der Waals surface area contributed by atoms with Crippen LogP contribution in [-0.4, -0.2) is 18.0 Å². The largest absolute Gasteiger partial charge is 0.449 e. The van der Waals surface area contributed by atoms with E-state index in [1.54, 1.807) is 18.2 Å². The van der Waals surface area contributed by atoms with Crippen molar-refractivity contribution in [1.29, 1.82) is 5.26 Å². The summed E-state index contributed by atoms with van der Waals surface area (Å²) in [7, 11) is 0. The average molecular weight is 391 g/mol. The van der Waals surface area contributed by atoms with Crippen LogP contribution in [0.4, 0.5) is 10.1 Å². The number of nitrogens with zero attached hydrogens (tertiary/aromatic N) is 1. The Morgan fingerprint density at radius 3 is 2.75 bits per heavy atom. The van der Waals surface area contributed by atoms with Gasteiger partial charge in [0.15, 0.2) is 6.10 Å². The van der Waals surface area contributed by atoms with Crippen molar-refractivity contribution in [2.24, 2.45) is 0 Å². The minimum atomic E-state index is -1.10. The summed E-state index contributed by atoms with van der Waals surface area (Å²) in [5.74, 6) is -1.98. The first-order valence-electron chi connectivity index (χ1n) is 6.88. The van der Waals surface area contributed by atoms with E-state index in [0.29, 0.717) is 15.7 Å². The second-order valence-electron chi connectivity index (χ2n) is 4.85. The molecule has 0 aliphatic heterocycles. The Balaban J connectivity index is 2.04. The summed E-state index contributed by atoms with van der Waals surface area (Å²) in [4.78, 5) is 24.1. The molecule has 0 aromatic heterocycles. The van der Waals surface area contributed by atoms with Crippen LogP contribution < -0.4 is 5.32 Å². The Morgan fingerprint density at radius 1 is 1.29 bits per heavy atom. The molecule has 0 bridgehead atoms. The molecule has 2 aromatic carbocycles. The molecule has 122 valence electrons. The molecule has 5 nitrogen and oxygen atoms in total. The summed E-state index contributed by atoms with van der Waals surface area (Å²) in [6.07, 6.45) is -1.10. The third-order valence-electron chi connectivity index (χ3n) is 3.06. The van der Waals surface area contributed by atoms with E-state index in [2.05, 4.69) is 21.2 Å². The second kappa shape index (κ2) is 7.70. The van der Waals surface area contributed by atoms with Gasteiger partial charge < -0.3 is 10.1 Å². The van der Waals surface area contributed by atoms with E-state index in [1.165, 1.54) is 25.1 Å². The molecule has 2 rings (SSSR count). The molecular weight excluding hydrogens is 379 g/mol. The van der Waals surface area contributed by atoms with E-state index in [9.17, 15) is 14.0 Å². The highest BCUT2D eigenvalue weighted by Gasteiger charge is 2.21. The fourth-order valence-corrected chi connectivity index (χ4v) is 2.25. The van der Waals surface area contributed by atoms with Crippen molar-refractivity contribution in [1.82, 2.24) is 0 Å². The van der Waals surface area contributed by atoms with Crippen molar-refractivity contribution in [3.05, 3.63) is 63.9 Å². The number of carbonyl (C=O) groups excluding carboxylic acids is 2. The van der Waals surface area contributed by atoms with E-state index in [0.717, 1.165) is 6.07 Å². The zero-order valence-electron chi connectivity index (χ0n) is 12.5. The molecule has 0 saturated heterocycles. The van der Waals surface area contributed by atoms with Gasteiger partial charge >= 0.3 is 5.97 Å². The Hall–Kier alpha value is -2.72. The first-order chi connectivity index (χ1) is 11.4. The fraction of sp³-hybridized carbons (Fsp3) is 0.118. The quantitative estimate of drug-likeness (QED) is 0.808. The van der Waals surface area contributed by atoms with Gasteiger partial charge in [0, 0.05) is 10.2 Å². The maximum Gasteiger partial charge on any atom is 0.340 e.